The zero-order valence-electron chi connectivity index (χ0n) is 13.1. The van der Waals surface area contributed by atoms with Crippen molar-refractivity contribution in [3.05, 3.63) is 69.4 Å². The van der Waals surface area contributed by atoms with E-state index in [1.54, 1.807) is 43.4 Å². The van der Waals surface area contributed by atoms with Crippen LogP contribution in [0.1, 0.15) is 34.6 Å². The van der Waals surface area contributed by atoms with Gasteiger partial charge in [-0.15, -0.1) is 10.1 Å². The highest BCUT2D eigenvalue weighted by Crippen LogP contribution is 2.20. The lowest BCUT2D eigenvalue weighted by atomic mass is 10.0. The lowest BCUT2D eigenvalue weighted by molar-refractivity contribution is -0.755. The molecule has 0 fully saturated rings. The van der Waals surface area contributed by atoms with Crippen LogP contribution in [0.4, 0.5) is 0 Å². The number of benzene rings is 1. The number of hydrogen-bond acceptors (Lipinski definition) is 7. The van der Waals surface area contributed by atoms with E-state index in [0.29, 0.717) is 5.70 Å². The molecule has 8 heteroatoms. The molecule has 1 N–H and O–H groups in total. The van der Waals surface area contributed by atoms with E-state index in [4.69, 9.17) is 4.74 Å². The van der Waals surface area contributed by atoms with Gasteiger partial charge in [-0.3, -0.25) is 4.79 Å². The lowest BCUT2D eigenvalue weighted by Gasteiger charge is -2.31. The van der Waals surface area contributed by atoms with E-state index in [0.717, 1.165) is 0 Å². The molecule has 0 spiro atoms. The molecule has 1 unspecified atom stereocenters. The van der Waals surface area contributed by atoms with Crippen LogP contribution in [0.25, 0.3) is 0 Å². The molecule has 1 aliphatic rings. The standard InChI is InChI=1S/C16H16N2O6/c1-11(19)13-7-3-4-8-14(13)15(20)24-16(2)9-5-6-12(17-16)10-23-18(21)22/h3-9,17H,10H2,1-2H3. The van der Waals surface area contributed by atoms with Crippen molar-refractivity contribution < 1.29 is 24.3 Å². The number of ether oxygens (including phenoxy) is 1. The van der Waals surface area contributed by atoms with Gasteiger partial charge in [0.25, 0.3) is 5.09 Å². The summed E-state index contributed by atoms with van der Waals surface area (Å²) < 4.78 is 5.44. The van der Waals surface area contributed by atoms with Crippen LogP contribution in [0.2, 0.25) is 0 Å². The number of carbonyl (C=O) groups excluding carboxylic acids is 2. The van der Waals surface area contributed by atoms with Crippen LogP contribution in [-0.2, 0) is 9.57 Å². The van der Waals surface area contributed by atoms with E-state index < -0.39 is 16.8 Å². The Hall–Kier alpha value is -3.16. The average molecular weight is 332 g/mol. The fourth-order valence-corrected chi connectivity index (χ4v) is 2.23. The largest absolute Gasteiger partial charge is 0.432 e. The topological polar surface area (TPSA) is 108 Å². The highest BCUT2D eigenvalue weighted by Gasteiger charge is 2.30. The molecular weight excluding hydrogens is 316 g/mol. The second kappa shape index (κ2) is 6.95. The van der Waals surface area contributed by atoms with Gasteiger partial charge in [0.1, 0.15) is 6.61 Å². The number of nitrogens with zero attached hydrogens (tertiary/aromatic N) is 1. The van der Waals surface area contributed by atoms with E-state index >= 15 is 0 Å². The number of hydrogen-bond donors (Lipinski definition) is 1. The number of carbonyl (C=O) groups is 2. The number of ketones is 1. The Morgan fingerprint density at radius 3 is 2.58 bits per heavy atom. The maximum atomic E-state index is 12.4. The van der Waals surface area contributed by atoms with Gasteiger partial charge in [-0.25, -0.2) is 4.79 Å². The van der Waals surface area contributed by atoms with Gasteiger partial charge in [-0.1, -0.05) is 24.3 Å². The fraction of sp³-hybridized carbons (Fsp3) is 0.250. The number of allylic oxidation sites excluding steroid dienone is 2. The van der Waals surface area contributed by atoms with Crippen molar-refractivity contribution in [2.75, 3.05) is 6.61 Å². The van der Waals surface area contributed by atoms with E-state index in [1.807, 2.05) is 0 Å². The first kappa shape index (κ1) is 17.2. The highest BCUT2D eigenvalue weighted by atomic mass is 16.9. The van der Waals surface area contributed by atoms with Crippen LogP contribution in [0, 0.1) is 10.1 Å². The molecule has 1 aromatic carbocycles. The first-order valence-corrected chi connectivity index (χ1v) is 7.08. The summed E-state index contributed by atoms with van der Waals surface area (Å²) in [6, 6.07) is 6.33. The maximum Gasteiger partial charge on any atom is 0.341 e. The molecule has 0 amide bonds. The minimum atomic E-state index is -1.22. The van der Waals surface area contributed by atoms with E-state index in [-0.39, 0.29) is 23.5 Å². The maximum absolute atomic E-state index is 12.4. The van der Waals surface area contributed by atoms with E-state index in [9.17, 15) is 19.7 Å². The number of Topliss-reactive ketones (excluding diaryl/α,β-unsaturated/α-hetero) is 1. The Bertz CT molecular complexity index is 740. The molecule has 1 aromatic rings. The van der Waals surface area contributed by atoms with Crippen LogP contribution in [0.5, 0.6) is 0 Å². The van der Waals surface area contributed by atoms with Crippen LogP contribution >= 0.6 is 0 Å². The molecule has 8 nitrogen and oxygen atoms in total. The van der Waals surface area contributed by atoms with Gasteiger partial charge in [0.05, 0.1) is 5.56 Å². The third-order valence-corrected chi connectivity index (χ3v) is 3.28. The summed E-state index contributed by atoms with van der Waals surface area (Å²) >= 11 is 0. The minimum Gasteiger partial charge on any atom is -0.432 e. The number of rotatable bonds is 6. The molecule has 1 heterocycles. The van der Waals surface area contributed by atoms with Crippen molar-refractivity contribution in [2.45, 2.75) is 19.6 Å². The summed E-state index contributed by atoms with van der Waals surface area (Å²) in [6.07, 6.45) is 4.75. The molecule has 0 aliphatic carbocycles. The van der Waals surface area contributed by atoms with E-state index in [2.05, 4.69) is 10.2 Å². The summed E-state index contributed by atoms with van der Waals surface area (Å²) in [5, 5.41) is 12.2. The molecule has 0 saturated carbocycles. The first-order valence-electron chi connectivity index (χ1n) is 7.08. The van der Waals surface area contributed by atoms with E-state index in [1.165, 1.54) is 13.0 Å². The van der Waals surface area contributed by atoms with Gasteiger partial charge < -0.3 is 14.9 Å². The number of esters is 1. The molecule has 24 heavy (non-hydrogen) atoms. The SMILES string of the molecule is CC(=O)c1ccccc1C(=O)OC1(C)C=CC=C(CO[N+](=O)[O-])N1. The molecule has 0 radical (unpaired) electrons. The highest BCUT2D eigenvalue weighted by molar-refractivity contribution is 6.05. The van der Waals surface area contributed by atoms with Crippen molar-refractivity contribution >= 4 is 11.8 Å². The quantitative estimate of drug-likeness (QED) is 0.367. The Morgan fingerprint density at radius 1 is 1.29 bits per heavy atom. The molecule has 0 bridgehead atoms. The third-order valence-electron chi connectivity index (χ3n) is 3.28. The predicted octanol–water partition coefficient (Wildman–Crippen LogP) is 2.01. The van der Waals surface area contributed by atoms with Crippen molar-refractivity contribution in [2.24, 2.45) is 0 Å². The van der Waals surface area contributed by atoms with Gasteiger partial charge in [-0.2, -0.15) is 0 Å². The van der Waals surface area contributed by atoms with Crippen LogP contribution in [0.3, 0.4) is 0 Å². The molecule has 2 rings (SSSR count). The number of nitrogens with one attached hydrogen (secondary N) is 1. The summed E-state index contributed by atoms with van der Waals surface area (Å²) in [7, 11) is 0. The van der Waals surface area contributed by atoms with Crippen LogP contribution in [0.15, 0.2) is 48.2 Å². The normalized spacial score (nSPS) is 19.0. The Labute approximate surface area is 137 Å². The smallest absolute Gasteiger partial charge is 0.341 e. The Kier molecular flexibility index (Phi) is 4.98. The second-order valence-electron chi connectivity index (χ2n) is 5.27. The Balaban J connectivity index is 2.12. The monoisotopic (exact) mass is 332 g/mol. The predicted molar refractivity (Wildman–Crippen MR) is 83.6 cm³/mol. The molecule has 0 aromatic heterocycles. The van der Waals surface area contributed by atoms with Gasteiger partial charge in [0.2, 0.25) is 5.72 Å². The van der Waals surface area contributed by atoms with Gasteiger partial charge in [0.15, 0.2) is 5.78 Å². The van der Waals surface area contributed by atoms with Gasteiger partial charge >= 0.3 is 5.97 Å². The molecule has 1 atom stereocenters. The average Bonchev–Trinajstić information content (AvgIpc) is 2.52. The zero-order chi connectivity index (χ0) is 17.7. The molecule has 126 valence electrons. The second-order valence-corrected chi connectivity index (χ2v) is 5.27. The van der Waals surface area contributed by atoms with Crippen LogP contribution < -0.4 is 5.32 Å². The summed E-state index contributed by atoms with van der Waals surface area (Å²) in [5.41, 5.74) is -0.424. The fourth-order valence-electron chi connectivity index (χ4n) is 2.23. The first-order chi connectivity index (χ1) is 11.3. The zero-order valence-corrected chi connectivity index (χ0v) is 13.1. The van der Waals surface area contributed by atoms with Crippen molar-refractivity contribution in [1.29, 1.82) is 0 Å². The Morgan fingerprint density at radius 2 is 1.96 bits per heavy atom. The van der Waals surface area contributed by atoms with Crippen molar-refractivity contribution in [3.8, 4) is 0 Å². The molecular formula is C16H16N2O6. The minimum absolute atomic E-state index is 0.152. The summed E-state index contributed by atoms with van der Waals surface area (Å²) in [5.74, 6) is -0.934. The van der Waals surface area contributed by atoms with Crippen molar-refractivity contribution in [3.63, 3.8) is 0 Å². The van der Waals surface area contributed by atoms with Crippen LogP contribution in [-0.4, -0.2) is 29.2 Å². The van der Waals surface area contributed by atoms with Gasteiger partial charge in [-0.05, 0) is 32.1 Å². The van der Waals surface area contributed by atoms with Crippen molar-refractivity contribution in [1.82, 2.24) is 5.32 Å². The van der Waals surface area contributed by atoms with Gasteiger partial charge in [0, 0.05) is 11.3 Å². The molecule has 1 aliphatic heterocycles. The summed E-state index contributed by atoms with van der Waals surface area (Å²) in [6.45, 7) is 2.65. The lowest BCUT2D eigenvalue weighted by Crippen LogP contribution is -2.46. The molecule has 0 saturated heterocycles. The summed E-state index contributed by atoms with van der Waals surface area (Å²) in [4.78, 5) is 38.6. The third kappa shape index (κ3) is 4.19. The number of dihydropyridines is 1.